The first-order chi connectivity index (χ1) is 7.99. The first-order valence-electron chi connectivity index (χ1n) is 5.96. The summed E-state index contributed by atoms with van der Waals surface area (Å²) >= 11 is 5.89. The largest absolute Gasteiger partial charge is 0.481 e. The van der Waals surface area contributed by atoms with E-state index in [1.54, 1.807) is 6.07 Å². The maximum absolute atomic E-state index is 11.2. The van der Waals surface area contributed by atoms with E-state index in [1.165, 1.54) is 0 Å². The molecule has 1 aromatic rings. The van der Waals surface area contributed by atoms with Crippen molar-refractivity contribution in [2.24, 2.45) is 11.8 Å². The molecule has 1 rings (SSSR count). The van der Waals surface area contributed by atoms with Gasteiger partial charge in [-0.2, -0.15) is 0 Å². The normalized spacial score (nSPS) is 12.7. The number of hydrogen-bond donors (Lipinski definition) is 1. The molecular formula is C14H19ClO2. The molecule has 1 atom stereocenters. The van der Waals surface area contributed by atoms with Gasteiger partial charge in [0, 0.05) is 5.02 Å². The fourth-order valence-corrected chi connectivity index (χ4v) is 2.01. The Bertz CT molecular complexity index is 374. The van der Waals surface area contributed by atoms with Crippen molar-refractivity contribution in [1.29, 1.82) is 0 Å². The first-order valence-corrected chi connectivity index (χ1v) is 6.34. The molecule has 0 aliphatic carbocycles. The fraction of sp³-hybridized carbons (Fsp3) is 0.500. The highest BCUT2D eigenvalue weighted by molar-refractivity contribution is 6.30. The van der Waals surface area contributed by atoms with Gasteiger partial charge >= 0.3 is 5.97 Å². The van der Waals surface area contributed by atoms with Gasteiger partial charge in [0.15, 0.2) is 0 Å². The summed E-state index contributed by atoms with van der Waals surface area (Å²) in [5, 5.41) is 9.85. The van der Waals surface area contributed by atoms with Crippen molar-refractivity contribution in [3.05, 3.63) is 34.9 Å². The van der Waals surface area contributed by atoms with Gasteiger partial charge < -0.3 is 5.11 Å². The van der Waals surface area contributed by atoms with E-state index in [1.807, 2.05) is 18.2 Å². The van der Waals surface area contributed by atoms with Crippen LogP contribution in [-0.4, -0.2) is 11.1 Å². The topological polar surface area (TPSA) is 37.3 Å². The van der Waals surface area contributed by atoms with Crippen LogP contribution in [0.3, 0.4) is 0 Å². The highest BCUT2D eigenvalue weighted by Gasteiger charge is 2.18. The SMILES string of the molecule is CC(C)CCC(Cc1cccc(Cl)c1)C(=O)O. The van der Waals surface area contributed by atoms with Gasteiger partial charge in [0.05, 0.1) is 5.92 Å². The Kier molecular flexibility index (Phi) is 5.49. The van der Waals surface area contributed by atoms with Crippen LogP contribution < -0.4 is 0 Å². The Morgan fingerprint density at radius 2 is 2.06 bits per heavy atom. The average molecular weight is 255 g/mol. The Balaban J connectivity index is 2.63. The van der Waals surface area contributed by atoms with Crippen molar-refractivity contribution < 1.29 is 9.90 Å². The highest BCUT2D eigenvalue weighted by Crippen LogP contribution is 2.19. The van der Waals surface area contributed by atoms with Gasteiger partial charge in [0.2, 0.25) is 0 Å². The molecule has 0 spiro atoms. The Morgan fingerprint density at radius 1 is 1.35 bits per heavy atom. The molecule has 94 valence electrons. The predicted molar refractivity (Wildman–Crippen MR) is 70.4 cm³/mol. The average Bonchev–Trinajstić information content (AvgIpc) is 2.23. The van der Waals surface area contributed by atoms with Crippen molar-refractivity contribution in [3.63, 3.8) is 0 Å². The Hall–Kier alpha value is -1.02. The molecule has 0 radical (unpaired) electrons. The summed E-state index contributed by atoms with van der Waals surface area (Å²) in [5.41, 5.74) is 0.994. The summed E-state index contributed by atoms with van der Waals surface area (Å²) in [6.07, 6.45) is 2.22. The third-order valence-electron chi connectivity index (χ3n) is 2.81. The van der Waals surface area contributed by atoms with Crippen LogP contribution >= 0.6 is 11.6 Å². The van der Waals surface area contributed by atoms with E-state index in [2.05, 4.69) is 13.8 Å². The van der Waals surface area contributed by atoms with Crippen LogP contribution in [0.25, 0.3) is 0 Å². The summed E-state index contributed by atoms with van der Waals surface area (Å²) in [7, 11) is 0. The lowest BCUT2D eigenvalue weighted by Gasteiger charge is -2.13. The summed E-state index contributed by atoms with van der Waals surface area (Å²) in [6, 6.07) is 7.43. The number of rotatable bonds is 6. The van der Waals surface area contributed by atoms with E-state index >= 15 is 0 Å². The number of hydrogen-bond acceptors (Lipinski definition) is 1. The monoisotopic (exact) mass is 254 g/mol. The molecule has 0 heterocycles. The second kappa shape index (κ2) is 6.65. The third-order valence-corrected chi connectivity index (χ3v) is 3.05. The molecule has 2 nitrogen and oxygen atoms in total. The van der Waals surface area contributed by atoms with Gasteiger partial charge in [-0.15, -0.1) is 0 Å². The van der Waals surface area contributed by atoms with E-state index in [4.69, 9.17) is 11.6 Å². The number of carboxylic acids is 1. The lowest BCUT2D eigenvalue weighted by Crippen LogP contribution is -2.17. The molecule has 3 heteroatoms. The summed E-state index contributed by atoms with van der Waals surface area (Å²) in [4.78, 5) is 11.2. The van der Waals surface area contributed by atoms with Crippen LogP contribution in [0.4, 0.5) is 0 Å². The predicted octanol–water partition coefficient (Wildman–Crippen LogP) is 4.02. The maximum atomic E-state index is 11.2. The van der Waals surface area contributed by atoms with Gasteiger partial charge in [-0.3, -0.25) is 4.79 Å². The van der Waals surface area contributed by atoms with Gasteiger partial charge in [-0.05, 0) is 36.5 Å². The van der Waals surface area contributed by atoms with Crippen molar-refractivity contribution in [1.82, 2.24) is 0 Å². The minimum atomic E-state index is -0.717. The molecule has 1 aromatic carbocycles. The molecule has 0 amide bonds. The van der Waals surface area contributed by atoms with Crippen LogP contribution in [0.15, 0.2) is 24.3 Å². The number of aliphatic carboxylic acids is 1. The molecule has 1 N–H and O–H groups in total. The van der Waals surface area contributed by atoms with Crippen LogP contribution in [0.1, 0.15) is 32.3 Å². The zero-order valence-corrected chi connectivity index (χ0v) is 11.1. The van der Waals surface area contributed by atoms with Gasteiger partial charge in [0.1, 0.15) is 0 Å². The van der Waals surface area contributed by atoms with Crippen LogP contribution in [0, 0.1) is 11.8 Å². The minimum absolute atomic E-state index is 0.309. The molecule has 1 unspecified atom stereocenters. The van der Waals surface area contributed by atoms with Crippen molar-refractivity contribution in [2.45, 2.75) is 33.1 Å². The third kappa shape index (κ3) is 5.22. The second-order valence-electron chi connectivity index (χ2n) is 4.84. The van der Waals surface area contributed by atoms with Crippen molar-refractivity contribution >= 4 is 17.6 Å². The summed E-state index contributed by atoms with van der Waals surface area (Å²) < 4.78 is 0. The first kappa shape index (κ1) is 14.0. The van der Waals surface area contributed by atoms with Gasteiger partial charge in [-0.1, -0.05) is 44.0 Å². The fourth-order valence-electron chi connectivity index (χ4n) is 1.80. The molecule has 0 aliphatic rings. The molecule has 0 aliphatic heterocycles. The van der Waals surface area contributed by atoms with E-state index < -0.39 is 5.97 Å². The van der Waals surface area contributed by atoms with Gasteiger partial charge in [0.25, 0.3) is 0 Å². The quantitative estimate of drug-likeness (QED) is 0.833. The van der Waals surface area contributed by atoms with E-state index in [0.29, 0.717) is 17.4 Å². The molecule has 0 saturated carbocycles. The van der Waals surface area contributed by atoms with E-state index in [-0.39, 0.29) is 5.92 Å². The standard InChI is InChI=1S/C14H19ClO2/c1-10(2)6-7-12(14(16)17)8-11-4-3-5-13(15)9-11/h3-5,9-10,12H,6-8H2,1-2H3,(H,16,17). The molecule has 0 saturated heterocycles. The number of benzene rings is 1. The lowest BCUT2D eigenvalue weighted by molar-refractivity contribution is -0.142. The van der Waals surface area contributed by atoms with E-state index in [9.17, 15) is 9.90 Å². The van der Waals surface area contributed by atoms with Crippen LogP contribution in [-0.2, 0) is 11.2 Å². The van der Waals surface area contributed by atoms with Gasteiger partial charge in [-0.25, -0.2) is 0 Å². The molecule has 0 fully saturated rings. The number of carbonyl (C=O) groups is 1. The second-order valence-corrected chi connectivity index (χ2v) is 5.28. The van der Waals surface area contributed by atoms with Crippen molar-refractivity contribution in [2.75, 3.05) is 0 Å². The van der Waals surface area contributed by atoms with E-state index in [0.717, 1.165) is 18.4 Å². The maximum Gasteiger partial charge on any atom is 0.306 e. The zero-order valence-electron chi connectivity index (χ0n) is 10.3. The molecule has 0 bridgehead atoms. The minimum Gasteiger partial charge on any atom is -0.481 e. The summed E-state index contributed by atoms with van der Waals surface area (Å²) in [5.74, 6) is -0.488. The Labute approximate surface area is 108 Å². The molecular weight excluding hydrogens is 236 g/mol. The van der Waals surface area contributed by atoms with Crippen molar-refractivity contribution in [3.8, 4) is 0 Å². The molecule has 0 aromatic heterocycles. The zero-order chi connectivity index (χ0) is 12.8. The smallest absolute Gasteiger partial charge is 0.306 e. The summed E-state index contributed by atoms with van der Waals surface area (Å²) in [6.45, 7) is 4.22. The number of halogens is 1. The van der Waals surface area contributed by atoms with Crippen LogP contribution in [0.5, 0.6) is 0 Å². The van der Waals surface area contributed by atoms with Crippen LogP contribution in [0.2, 0.25) is 5.02 Å². The number of carboxylic acid groups (broad SMARTS) is 1. The Morgan fingerprint density at radius 3 is 2.59 bits per heavy atom. The molecule has 17 heavy (non-hydrogen) atoms. The lowest BCUT2D eigenvalue weighted by atomic mass is 9.92. The highest BCUT2D eigenvalue weighted by atomic mass is 35.5.